The van der Waals surface area contributed by atoms with Gasteiger partial charge in [0.25, 0.3) is 5.56 Å². The van der Waals surface area contributed by atoms with E-state index in [4.69, 9.17) is 4.98 Å². The zero-order chi connectivity index (χ0) is 19.0. The minimum Gasteiger partial charge on any atom is -0.342 e. The van der Waals surface area contributed by atoms with Crippen molar-refractivity contribution in [2.24, 2.45) is 0 Å². The van der Waals surface area contributed by atoms with Crippen LogP contribution in [-0.4, -0.2) is 38.7 Å². The third kappa shape index (κ3) is 3.47. The van der Waals surface area contributed by atoms with Gasteiger partial charge in [-0.25, -0.2) is 4.98 Å². The topological polar surface area (TPSA) is 55.2 Å². The zero-order valence-corrected chi connectivity index (χ0v) is 17.3. The summed E-state index contributed by atoms with van der Waals surface area (Å²) in [7, 11) is 0. The number of nitrogens with zero attached hydrogens (tertiary/aromatic N) is 3. The summed E-state index contributed by atoms with van der Waals surface area (Å²) in [6.07, 6.45) is 8.22. The molecular formula is C20H25N3O2S2. The first-order valence-corrected chi connectivity index (χ1v) is 11.4. The number of amides is 1. The second-order valence-electron chi connectivity index (χ2n) is 7.28. The van der Waals surface area contributed by atoms with Crippen molar-refractivity contribution in [2.75, 3.05) is 13.1 Å². The summed E-state index contributed by atoms with van der Waals surface area (Å²) in [5.74, 6) is 0.146. The highest BCUT2D eigenvalue weighted by Gasteiger charge is 2.27. The lowest BCUT2D eigenvalue weighted by Gasteiger charge is -2.29. The maximum atomic E-state index is 13.2. The molecule has 27 heavy (non-hydrogen) atoms. The average Bonchev–Trinajstić information content (AvgIpc) is 3.25. The Bertz CT molecular complexity index is 941. The number of aromatic nitrogens is 2. The van der Waals surface area contributed by atoms with Crippen LogP contribution in [-0.2, 0) is 24.2 Å². The van der Waals surface area contributed by atoms with Crippen molar-refractivity contribution < 1.29 is 4.79 Å². The summed E-state index contributed by atoms with van der Waals surface area (Å²) in [6, 6.07) is 0. The first-order valence-electron chi connectivity index (χ1n) is 9.71. The number of rotatable bonds is 5. The lowest BCUT2D eigenvalue weighted by Crippen LogP contribution is -2.40. The first-order chi connectivity index (χ1) is 13.1. The SMILES string of the molecule is C=CCn1c(S[C@H](C)C(=O)N2CCCCC2)nc2sc3c(c2c1=O)CCC3. The molecule has 2 aliphatic rings. The second kappa shape index (κ2) is 7.80. The standard InChI is InChI=1S/C20H25N3O2S2/c1-3-10-23-19(25)16-14-8-7-9-15(14)27-17(16)21-20(23)26-13(2)18(24)22-11-5-4-6-12-22/h3,13H,1,4-12H2,2H3/t13-/m1/s1. The van der Waals surface area contributed by atoms with Gasteiger partial charge in [0.1, 0.15) is 4.83 Å². The van der Waals surface area contributed by atoms with Crippen molar-refractivity contribution in [2.45, 2.75) is 62.4 Å². The molecule has 0 aromatic carbocycles. The van der Waals surface area contributed by atoms with E-state index >= 15 is 0 Å². The van der Waals surface area contributed by atoms with Gasteiger partial charge in [0, 0.05) is 24.5 Å². The van der Waals surface area contributed by atoms with E-state index in [1.807, 2.05) is 11.8 Å². The Morgan fingerprint density at radius 1 is 1.30 bits per heavy atom. The lowest BCUT2D eigenvalue weighted by atomic mass is 10.1. The van der Waals surface area contributed by atoms with Crippen molar-refractivity contribution in [3.05, 3.63) is 33.4 Å². The van der Waals surface area contributed by atoms with E-state index < -0.39 is 0 Å². The highest BCUT2D eigenvalue weighted by atomic mass is 32.2. The zero-order valence-electron chi connectivity index (χ0n) is 15.7. The average molecular weight is 404 g/mol. The molecule has 0 bridgehead atoms. The van der Waals surface area contributed by atoms with Gasteiger partial charge in [-0.1, -0.05) is 17.8 Å². The van der Waals surface area contributed by atoms with Crippen molar-refractivity contribution >= 4 is 39.2 Å². The van der Waals surface area contributed by atoms with Crippen LogP contribution in [0.1, 0.15) is 43.0 Å². The van der Waals surface area contributed by atoms with Crippen LogP contribution in [0.5, 0.6) is 0 Å². The fourth-order valence-corrected chi connectivity index (χ4v) is 6.32. The molecule has 1 amide bonds. The van der Waals surface area contributed by atoms with E-state index in [0.29, 0.717) is 11.7 Å². The summed E-state index contributed by atoms with van der Waals surface area (Å²) in [5, 5.41) is 1.16. The number of carbonyl (C=O) groups excluding carboxylic acids is 1. The number of thiophene rings is 1. The summed E-state index contributed by atoms with van der Waals surface area (Å²) >= 11 is 3.05. The maximum absolute atomic E-state index is 13.2. The van der Waals surface area contributed by atoms with Crippen LogP contribution < -0.4 is 5.56 Å². The molecule has 1 aliphatic carbocycles. The van der Waals surface area contributed by atoms with Crippen LogP contribution in [0.4, 0.5) is 0 Å². The van der Waals surface area contributed by atoms with Gasteiger partial charge in [-0.05, 0) is 51.0 Å². The quantitative estimate of drug-likeness (QED) is 0.435. The van der Waals surface area contributed by atoms with Gasteiger partial charge in [0.05, 0.1) is 10.6 Å². The van der Waals surface area contributed by atoms with Gasteiger partial charge in [0.15, 0.2) is 5.16 Å². The van der Waals surface area contributed by atoms with Gasteiger partial charge >= 0.3 is 0 Å². The Hall–Kier alpha value is -1.60. The van der Waals surface area contributed by atoms with Crippen molar-refractivity contribution in [3.63, 3.8) is 0 Å². The normalized spacial score (nSPS) is 17.9. The first kappa shape index (κ1) is 18.7. The smallest absolute Gasteiger partial charge is 0.263 e. The highest BCUT2D eigenvalue weighted by molar-refractivity contribution is 8.00. The van der Waals surface area contributed by atoms with Crippen LogP contribution in [0, 0.1) is 0 Å². The van der Waals surface area contributed by atoms with Crippen molar-refractivity contribution in [1.29, 1.82) is 0 Å². The van der Waals surface area contributed by atoms with E-state index in [-0.39, 0.29) is 16.7 Å². The minimum absolute atomic E-state index is 0.0134. The number of thioether (sulfide) groups is 1. The van der Waals surface area contributed by atoms with Gasteiger partial charge in [-0.15, -0.1) is 17.9 Å². The maximum Gasteiger partial charge on any atom is 0.263 e. The lowest BCUT2D eigenvalue weighted by molar-refractivity contribution is -0.131. The number of piperidine rings is 1. The molecule has 144 valence electrons. The Kier molecular flexibility index (Phi) is 5.41. The van der Waals surface area contributed by atoms with E-state index in [1.165, 1.54) is 28.6 Å². The summed E-state index contributed by atoms with van der Waals surface area (Å²) < 4.78 is 1.69. The van der Waals surface area contributed by atoms with E-state index in [9.17, 15) is 9.59 Å². The molecule has 0 unspecified atom stereocenters. The van der Waals surface area contributed by atoms with Gasteiger partial charge in [0.2, 0.25) is 5.91 Å². The summed E-state index contributed by atoms with van der Waals surface area (Å²) in [4.78, 5) is 34.9. The molecule has 0 saturated carbocycles. The molecule has 4 rings (SSSR count). The molecule has 7 heteroatoms. The van der Waals surface area contributed by atoms with Crippen LogP contribution >= 0.6 is 23.1 Å². The van der Waals surface area contributed by atoms with Crippen LogP contribution in [0.25, 0.3) is 10.2 Å². The fourth-order valence-electron chi connectivity index (χ4n) is 4.02. The van der Waals surface area contributed by atoms with E-state index in [1.54, 1.807) is 22.0 Å². The summed E-state index contributed by atoms with van der Waals surface area (Å²) in [6.45, 7) is 7.82. The second-order valence-corrected chi connectivity index (χ2v) is 9.67. The molecular weight excluding hydrogens is 378 g/mol. The summed E-state index contributed by atoms with van der Waals surface area (Å²) in [5.41, 5.74) is 1.21. The van der Waals surface area contributed by atoms with Crippen LogP contribution in [0.15, 0.2) is 22.6 Å². The van der Waals surface area contributed by atoms with E-state index in [2.05, 4.69) is 6.58 Å². The monoisotopic (exact) mass is 403 g/mol. The molecule has 1 fully saturated rings. The fraction of sp³-hybridized carbons (Fsp3) is 0.550. The van der Waals surface area contributed by atoms with E-state index in [0.717, 1.165) is 55.4 Å². The minimum atomic E-state index is -0.254. The Labute approximate surface area is 167 Å². The van der Waals surface area contributed by atoms with Crippen molar-refractivity contribution in [1.82, 2.24) is 14.5 Å². The molecule has 1 atom stereocenters. The van der Waals surface area contributed by atoms with Crippen molar-refractivity contribution in [3.8, 4) is 0 Å². The van der Waals surface area contributed by atoms with Gasteiger partial charge in [-0.3, -0.25) is 14.2 Å². The Morgan fingerprint density at radius 2 is 2.07 bits per heavy atom. The number of likely N-dealkylation sites (tertiary alicyclic amines) is 1. The molecule has 3 heterocycles. The third-order valence-electron chi connectivity index (χ3n) is 5.40. The molecule has 0 radical (unpaired) electrons. The van der Waals surface area contributed by atoms with Crippen LogP contribution in [0.2, 0.25) is 0 Å². The third-order valence-corrected chi connectivity index (χ3v) is 7.66. The molecule has 0 N–H and O–H groups in total. The number of aryl methyl sites for hydroxylation is 2. The number of carbonyl (C=O) groups is 1. The highest BCUT2D eigenvalue weighted by Crippen LogP contribution is 2.36. The molecule has 1 saturated heterocycles. The molecule has 2 aromatic heterocycles. The predicted molar refractivity (Wildman–Crippen MR) is 112 cm³/mol. The Balaban J connectivity index is 1.68. The largest absolute Gasteiger partial charge is 0.342 e. The van der Waals surface area contributed by atoms with Crippen LogP contribution in [0.3, 0.4) is 0 Å². The molecule has 2 aromatic rings. The van der Waals surface area contributed by atoms with Gasteiger partial charge in [-0.2, -0.15) is 0 Å². The Morgan fingerprint density at radius 3 is 2.81 bits per heavy atom. The molecule has 5 nitrogen and oxygen atoms in total. The van der Waals surface area contributed by atoms with Gasteiger partial charge < -0.3 is 4.90 Å². The molecule has 1 aliphatic heterocycles. The number of fused-ring (bicyclic) bond motifs is 3. The number of allylic oxidation sites excluding steroid dienone is 1. The molecule has 0 spiro atoms. The number of hydrogen-bond donors (Lipinski definition) is 0. The number of hydrogen-bond acceptors (Lipinski definition) is 5. The predicted octanol–water partition coefficient (Wildman–Crippen LogP) is 3.63.